The standard InChI is InChI=1S/C17H29N6O6P/c1-6-17(7-2,9(24)8-30(26,27)28)23-12-10(11(18)21-15(19)22-12)20-13(23)14(25)29-16(3,4)5/h9,24H,6-8H2,1-5H3,(H2,26,27,28)(H4,18,19,21,22)/t9-/m0/s1. The molecule has 0 aliphatic rings. The molecule has 0 aromatic carbocycles. The van der Waals surface area contributed by atoms with Crippen LogP contribution in [0.2, 0.25) is 0 Å². The Morgan fingerprint density at radius 3 is 2.20 bits per heavy atom. The van der Waals surface area contributed by atoms with Crippen LogP contribution < -0.4 is 11.5 Å². The number of aliphatic hydroxyl groups is 1. The zero-order valence-corrected chi connectivity index (χ0v) is 18.6. The molecule has 168 valence electrons. The van der Waals surface area contributed by atoms with Crippen molar-refractivity contribution in [3.8, 4) is 0 Å². The summed E-state index contributed by atoms with van der Waals surface area (Å²) in [5.74, 6) is -1.29. The molecule has 0 bridgehead atoms. The minimum atomic E-state index is -4.58. The Labute approximate surface area is 173 Å². The molecule has 7 N–H and O–H groups in total. The Balaban J connectivity index is 2.88. The van der Waals surface area contributed by atoms with E-state index in [0.29, 0.717) is 0 Å². The van der Waals surface area contributed by atoms with Gasteiger partial charge in [-0.2, -0.15) is 9.97 Å². The summed E-state index contributed by atoms with van der Waals surface area (Å²) >= 11 is 0. The third-order valence-electron chi connectivity index (χ3n) is 4.83. The number of nitrogens with zero attached hydrogens (tertiary/aromatic N) is 4. The zero-order chi connectivity index (χ0) is 23.1. The fourth-order valence-corrected chi connectivity index (χ4v) is 4.25. The second kappa shape index (κ2) is 8.10. The Morgan fingerprint density at radius 1 is 1.17 bits per heavy atom. The Morgan fingerprint density at radius 2 is 1.73 bits per heavy atom. The molecule has 30 heavy (non-hydrogen) atoms. The van der Waals surface area contributed by atoms with Crippen LogP contribution in [0.1, 0.15) is 58.1 Å². The highest BCUT2D eigenvalue weighted by atomic mass is 31.2. The van der Waals surface area contributed by atoms with Gasteiger partial charge in [0.1, 0.15) is 5.60 Å². The summed E-state index contributed by atoms with van der Waals surface area (Å²) in [5.41, 5.74) is 9.60. The number of anilines is 2. The number of aromatic nitrogens is 4. The van der Waals surface area contributed by atoms with Crippen molar-refractivity contribution in [2.75, 3.05) is 17.6 Å². The molecule has 0 saturated heterocycles. The molecule has 0 amide bonds. The van der Waals surface area contributed by atoms with Crippen LogP contribution >= 0.6 is 7.60 Å². The Hall–Kier alpha value is -2.27. The fraction of sp³-hybridized carbons (Fsp3) is 0.647. The summed E-state index contributed by atoms with van der Waals surface area (Å²) in [6.07, 6.45) is -1.98. The first kappa shape index (κ1) is 24.0. The number of nitrogen functional groups attached to an aromatic ring is 2. The quantitative estimate of drug-likeness (QED) is 0.301. The normalized spacial score (nSPS) is 14.1. The van der Waals surface area contributed by atoms with Crippen LogP contribution in [0.25, 0.3) is 11.2 Å². The molecule has 2 heterocycles. The number of fused-ring (bicyclic) bond motifs is 1. The average molecular weight is 444 g/mol. The lowest BCUT2D eigenvalue weighted by Gasteiger charge is -2.39. The highest BCUT2D eigenvalue weighted by Crippen LogP contribution is 2.43. The summed E-state index contributed by atoms with van der Waals surface area (Å²) < 4.78 is 18.4. The van der Waals surface area contributed by atoms with E-state index in [4.69, 9.17) is 16.2 Å². The van der Waals surface area contributed by atoms with Gasteiger partial charge in [-0.05, 0) is 33.6 Å². The molecule has 12 nitrogen and oxygen atoms in total. The molecule has 13 heteroatoms. The topological polar surface area (TPSA) is 200 Å². The maximum Gasteiger partial charge on any atom is 0.375 e. The molecule has 2 rings (SSSR count). The van der Waals surface area contributed by atoms with E-state index < -0.39 is 37.0 Å². The molecule has 0 fully saturated rings. The van der Waals surface area contributed by atoms with Crippen molar-refractivity contribution in [3.05, 3.63) is 5.82 Å². The molecule has 2 aromatic heterocycles. The lowest BCUT2D eigenvalue weighted by Crippen LogP contribution is -2.47. The Bertz CT molecular complexity index is 991. The van der Waals surface area contributed by atoms with Gasteiger partial charge in [0.15, 0.2) is 17.0 Å². The van der Waals surface area contributed by atoms with Gasteiger partial charge < -0.3 is 31.1 Å². The first-order valence-corrected chi connectivity index (χ1v) is 11.2. The summed E-state index contributed by atoms with van der Waals surface area (Å²) in [7, 11) is -4.58. The van der Waals surface area contributed by atoms with Crippen LogP contribution in [0.15, 0.2) is 0 Å². The molecule has 1 atom stereocenters. The molecular weight excluding hydrogens is 415 g/mol. The van der Waals surface area contributed by atoms with Crippen LogP contribution in [0.3, 0.4) is 0 Å². The van der Waals surface area contributed by atoms with Crippen LogP contribution in [-0.4, -0.2) is 58.2 Å². The van der Waals surface area contributed by atoms with Crippen molar-refractivity contribution >= 4 is 36.5 Å². The van der Waals surface area contributed by atoms with Crippen molar-refractivity contribution < 1.29 is 29.0 Å². The van der Waals surface area contributed by atoms with E-state index >= 15 is 0 Å². The largest absolute Gasteiger partial charge is 0.454 e. The lowest BCUT2D eigenvalue weighted by molar-refractivity contribution is 0.000872. The van der Waals surface area contributed by atoms with E-state index in [0.717, 1.165) is 0 Å². The highest BCUT2D eigenvalue weighted by molar-refractivity contribution is 7.51. The van der Waals surface area contributed by atoms with E-state index in [1.165, 1.54) is 4.57 Å². The molecule has 2 aromatic rings. The van der Waals surface area contributed by atoms with E-state index in [1.807, 2.05) is 0 Å². The minimum Gasteiger partial charge on any atom is -0.454 e. The van der Waals surface area contributed by atoms with Gasteiger partial charge in [0.05, 0.1) is 17.8 Å². The van der Waals surface area contributed by atoms with Gasteiger partial charge in [-0.3, -0.25) is 9.13 Å². The first-order valence-electron chi connectivity index (χ1n) is 9.43. The van der Waals surface area contributed by atoms with Crippen LogP contribution in [0.4, 0.5) is 11.8 Å². The van der Waals surface area contributed by atoms with Crippen LogP contribution in [-0.2, 0) is 14.8 Å². The van der Waals surface area contributed by atoms with E-state index in [1.54, 1.807) is 34.6 Å². The predicted molar refractivity (Wildman–Crippen MR) is 111 cm³/mol. The minimum absolute atomic E-state index is 0.0642. The van der Waals surface area contributed by atoms with E-state index in [-0.39, 0.29) is 41.6 Å². The van der Waals surface area contributed by atoms with Crippen molar-refractivity contribution in [2.45, 2.75) is 64.7 Å². The molecular formula is C17H29N6O6P. The maximum atomic E-state index is 13.0. The molecule has 0 saturated carbocycles. The molecule has 0 radical (unpaired) electrons. The third kappa shape index (κ3) is 4.72. The summed E-state index contributed by atoms with van der Waals surface area (Å²) in [5, 5.41) is 10.9. The number of ether oxygens (including phenoxy) is 1. The van der Waals surface area contributed by atoms with Gasteiger partial charge in [-0.15, -0.1) is 0 Å². The summed E-state index contributed by atoms with van der Waals surface area (Å²) in [6, 6.07) is 0. The number of imidazole rings is 1. The van der Waals surface area contributed by atoms with Crippen molar-refractivity contribution in [3.63, 3.8) is 0 Å². The van der Waals surface area contributed by atoms with Crippen molar-refractivity contribution in [1.29, 1.82) is 0 Å². The summed E-state index contributed by atoms with van der Waals surface area (Å²) in [6.45, 7) is 8.47. The lowest BCUT2D eigenvalue weighted by atomic mass is 9.86. The molecule has 0 aliphatic heterocycles. The number of hydrogen-bond donors (Lipinski definition) is 5. The van der Waals surface area contributed by atoms with Gasteiger partial charge >= 0.3 is 13.6 Å². The number of carbonyl (C=O) groups is 1. The molecule has 0 spiro atoms. The van der Waals surface area contributed by atoms with Gasteiger partial charge in [0.25, 0.3) is 0 Å². The monoisotopic (exact) mass is 444 g/mol. The van der Waals surface area contributed by atoms with Crippen LogP contribution in [0.5, 0.6) is 0 Å². The fourth-order valence-electron chi connectivity index (χ4n) is 3.46. The second-order valence-electron chi connectivity index (χ2n) is 8.09. The highest BCUT2D eigenvalue weighted by Gasteiger charge is 2.44. The number of esters is 1. The average Bonchev–Trinajstić information content (AvgIpc) is 2.94. The van der Waals surface area contributed by atoms with Gasteiger partial charge in [-0.1, -0.05) is 13.8 Å². The van der Waals surface area contributed by atoms with E-state index in [2.05, 4.69) is 15.0 Å². The first-order chi connectivity index (χ1) is 13.6. The van der Waals surface area contributed by atoms with Gasteiger partial charge in [0.2, 0.25) is 11.8 Å². The maximum absolute atomic E-state index is 13.0. The SMILES string of the molecule is CCC(CC)([C@@H](O)CP(=O)(O)O)n1c(C(=O)OC(C)(C)C)nc2c(N)nc(N)nc21. The third-order valence-corrected chi connectivity index (χ3v) is 5.66. The number of nitrogens with two attached hydrogens (primary N) is 2. The van der Waals surface area contributed by atoms with Crippen molar-refractivity contribution in [2.24, 2.45) is 0 Å². The number of hydrogen-bond acceptors (Lipinski definition) is 9. The van der Waals surface area contributed by atoms with Gasteiger partial charge in [0, 0.05) is 0 Å². The Kier molecular flexibility index (Phi) is 6.48. The van der Waals surface area contributed by atoms with Gasteiger partial charge in [-0.25, -0.2) is 9.78 Å². The summed E-state index contributed by atoms with van der Waals surface area (Å²) in [4.78, 5) is 44.1. The second-order valence-corrected chi connectivity index (χ2v) is 9.78. The smallest absolute Gasteiger partial charge is 0.375 e. The number of rotatable bonds is 7. The molecule has 0 unspecified atom stereocenters. The molecule has 0 aliphatic carbocycles. The number of carbonyl (C=O) groups excluding carboxylic acids is 1. The van der Waals surface area contributed by atoms with Crippen molar-refractivity contribution in [1.82, 2.24) is 19.5 Å². The number of aliphatic hydroxyl groups excluding tert-OH is 1. The van der Waals surface area contributed by atoms with Crippen LogP contribution in [0, 0.1) is 0 Å². The predicted octanol–water partition coefficient (Wildman–Crippen LogP) is 1.000. The zero-order valence-electron chi connectivity index (χ0n) is 17.7. The van der Waals surface area contributed by atoms with E-state index in [9.17, 15) is 24.3 Å².